The third-order valence-corrected chi connectivity index (χ3v) is 2.58. The first-order valence-electron chi connectivity index (χ1n) is 4.36. The fourth-order valence-corrected chi connectivity index (χ4v) is 2.01. The predicted molar refractivity (Wildman–Crippen MR) is 47.6 cm³/mol. The molecule has 2 heteroatoms. The molecule has 2 aliphatic rings. The summed E-state index contributed by atoms with van der Waals surface area (Å²) in [7, 11) is 0. The van der Waals surface area contributed by atoms with Crippen molar-refractivity contribution in [2.75, 3.05) is 0 Å². The Morgan fingerprint density at radius 1 is 1.58 bits per heavy atom. The van der Waals surface area contributed by atoms with Gasteiger partial charge in [0.1, 0.15) is 0 Å². The molecule has 1 N–H and O–H groups in total. The lowest BCUT2D eigenvalue weighted by Gasteiger charge is -2.28. The lowest BCUT2D eigenvalue weighted by atomic mass is 9.86. The van der Waals surface area contributed by atoms with Gasteiger partial charge in [-0.2, -0.15) is 0 Å². The van der Waals surface area contributed by atoms with Gasteiger partial charge in [-0.25, -0.2) is 0 Å². The Hall–Kier alpha value is -1.05. The second-order valence-corrected chi connectivity index (χ2v) is 3.75. The first-order valence-corrected chi connectivity index (χ1v) is 4.36. The van der Waals surface area contributed by atoms with Crippen LogP contribution in [0.25, 0.3) is 0 Å². The van der Waals surface area contributed by atoms with E-state index in [9.17, 15) is 4.79 Å². The van der Waals surface area contributed by atoms with Crippen LogP contribution in [0.4, 0.5) is 0 Å². The molecule has 0 bridgehead atoms. The van der Waals surface area contributed by atoms with Gasteiger partial charge in [0.15, 0.2) is 0 Å². The Bertz CT molecular complexity index is 278. The van der Waals surface area contributed by atoms with Gasteiger partial charge in [-0.3, -0.25) is 4.79 Å². The molecule has 2 rings (SSSR count). The summed E-state index contributed by atoms with van der Waals surface area (Å²) in [5, 5.41) is 3.03. The van der Waals surface area contributed by atoms with Crippen molar-refractivity contribution in [3.05, 3.63) is 23.8 Å². The van der Waals surface area contributed by atoms with Crippen molar-refractivity contribution in [1.29, 1.82) is 0 Å². The molecule has 1 saturated heterocycles. The average molecular weight is 163 g/mol. The number of hydrogen-bond donors (Lipinski definition) is 1. The van der Waals surface area contributed by atoms with Crippen LogP contribution in [-0.2, 0) is 4.79 Å². The van der Waals surface area contributed by atoms with Crippen LogP contribution in [0.3, 0.4) is 0 Å². The number of amides is 1. The third-order valence-electron chi connectivity index (χ3n) is 2.58. The van der Waals surface area contributed by atoms with Crippen LogP contribution in [0, 0.1) is 0 Å². The third kappa shape index (κ3) is 1.17. The zero-order chi connectivity index (χ0) is 8.60. The van der Waals surface area contributed by atoms with Gasteiger partial charge in [0.2, 0.25) is 5.91 Å². The van der Waals surface area contributed by atoms with Gasteiger partial charge in [-0.15, -0.1) is 0 Å². The Labute approximate surface area is 72.3 Å². The maximum absolute atomic E-state index is 11.1. The SMILES string of the molecule is CC1=CC=CC2(CCC(=O)N2)C1. The van der Waals surface area contributed by atoms with E-state index in [0.29, 0.717) is 6.42 Å². The molecule has 1 spiro atoms. The van der Waals surface area contributed by atoms with Gasteiger partial charge < -0.3 is 5.32 Å². The van der Waals surface area contributed by atoms with E-state index in [1.165, 1.54) is 5.57 Å². The van der Waals surface area contributed by atoms with Crippen LogP contribution in [0.1, 0.15) is 26.2 Å². The summed E-state index contributed by atoms with van der Waals surface area (Å²) in [5.74, 6) is 0.189. The van der Waals surface area contributed by atoms with E-state index in [1.807, 2.05) is 6.08 Å². The van der Waals surface area contributed by atoms with Gasteiger partial charge in [0, 0.05) is 6.42 Å². The molecule has 1 amide bonds. The highest BCUT2D eigenvalue weighted by atomic mass is 16.2. The number of allylic oxidation sites excluding steroid dienone is 2. The fourth-order valence-electron chi connectivity index (χ4n) is 2.01. The molecule has 2 nitrogen and oxygen atoms in total. The highest BCUT2D eigenvalue weighted by Crippen LogP contribution is 2.31. The molecule has 1 atom stereocenters. The van der Waals surface area contributed by atoms with E-state index in [4.69, 9.17) is 0 Å². The monoisotopic (exact) mass is 163 g/mol. The largest absolute Gasteiger partial charge is 0.347 e. The molecule has 0 aromatic heterocycles. The lowest BCUT2D eigenvalue weighted by molar-refractivity contribution is -0.119. The molecule has 1 unspecified atom stereocenters. The minimum absolute atomic E-state index is 0.0318. The quantitative estimate of drug-likeness (QED) is 0.576. The maximum Gasteiger partial charge on any atom is 0.220 e. The summed E-state index contributed by atoms with van der Waals surface area (Å²) >= 11 is 0. The smallest absolute Gasteiger partial charge is 0.220 e. The Balaban J connectivity index is 2.20. The molecule has 0 radical (unpaired) electrons. The minimum Gasteiger partial charge on any atom is -0.347 e. The van der Waals surface area contributed by atoms with E-state index in [1.54, 1.807) is 0 Å². The molecular formula is C10H13NO. The molecule has 1 aliphatic heterocycles. The summed E-state index contributed by atoms with van der Waals surface area (Å²) in [6, 6.07) is 0. The fraction of sp³-hybridized carbons (Fsp3) is 0.500. The van der Waals surface area contributed by atoms with Gasteiger partial charge >= 0.3 is 0 Å². The molecule has 0 saturated carbocycles. The van der Waals surface area contributed by atoms with E-state index in [2.05, 4.69) is 24.4 Å². The number of nitrogens with one attached hydrogen (secondary N) is 1. The normalized spacial score (nSPS) is 33.8. The van der Waals surface area contributed by atoms with E-state index >= 15 is 0 Å². The van der Waals surface area contributed by atoms with Crippen LogP contribution >= 0.6 is 0 Å². The molecule has 0 aromatic carbocycles. The van der Waals surface area contributed by atoms with Crippen molar-refractivity contribution in [3.8, 4) is 0 Å². The van der Waals surface area contributed by atoms with Crippen molar-refractivity contribution in [2.24, 2.45) is 0 Å². The number of rotatable bonds is 0. The average Bonchev–Trinajstić information content (AvgIpc) is 2.32. The zero-order valence-electron chi connectivity index (χ0n) is 7.26. The van der Waals surface area contributed by atoms with E-state index in [0.717, 1.165) is 12.8 Å². The highest BCUT2D eigenvalue weighted by molar-refractivity contribution is 5.80. The van der Waals surface area contributed by atoms with Crippen molar-refractivity contribution in [3.63, 3.8) is 0 Å². The van der Waals surface area contributed by atoms with Crippen molar-refractivity contribution >= 4 is 5.91 Å². The topological polar surface area (TPSA) is 29.1 Å². The number of carbonyl (C=O) groups excluding carboxylic acids is 1. The first kappa shape index (κ1) is 7.59. The summed E-state index contributed by atoms with van der Waals surface area (Å²) in [6.07, 6.45) is 8.88. The Kier molecular flexibility index (Phi) is 1.56. The second-order valence-electron chi connectivity index (χ2n) is 3.75. The van der Waals surface area contributed by atoms with E-state index in [-0.39, 0.29) is 11.4 Å². The van der Waals surface area contributed by atoms with Gasteiger partial charge in [0.05, 0.1) is 5.54 Å². The van der Waals surface area contributed by atoms with Crippen LogP contribution in [0.15, 0.2) is 23.8 Å². The van der Waals surface area contributed by atoms with Crippen LogP contribution in [0.5, 0.6) is 0 Å². The molecule has 1 fully saturated rings. The van der Waals surface area contributed by atoms with E-state index < -0.39 is 0 Å². The van der Waals surface area contributed by atoms with Gasteiger partial charge in [0.25, 0.3) is 0 Å². The standard InChI is InChI=1S/C10H13NO/c1-8-3-2-5-10(7-8)6-4-9(12)11-10/h2-3,5H,4,6-7H2,1H3,(H,11,12). The van der Waals surface area contributed by atoms with Crippen molar-refractivity contribution < 1.29 is 4.79 Å². The van der Waals surface area contributed by atoms with Gasteiger partial charge in [-0.05, 0) is 19.8 Å². The molecule has 1 heterocycles. The molecular weight excluding hydrogens is 150 g/mol. The van der Waals surface area contributed by atoms with Crippen LogP contribution < -0.4 is 5.32 Å². The summed E-state index contributed by atoms with van der Waals surface area (Å²) in [5.41, 5.74) is 1.32. The molecule has 12 heavy (non-hydrogen) atoms. The summed E-state index contributed by atoms with van der Waals surface area (Å²) in [6.45, 7) is 2.11. The van der Waals surface area contributed by atoms with Crippen molar-refractivity contribution in [2.45, 2.75) is 31.7 Å². The van der Waals surface area contributed by atoms with Crippen LogP contribution in [-0.4, -0.2) is 11.4 Å². The predicted octanol–water partition coefficient (Wildman–Crippen LogP) is 1.54. The second kappa shape index (κ2) is 2.47. The van der Waals surface area contributed by atoms with Crippen molar-refractivity contribution in [1.82, 2.24) is 5.32 Å². The minimum atomic E-state index is -0.0318. The lowest BCUT2D eigenvalue weighted by Crippen LogP contribution is -2.40. The molecule has 64 valence electrons. The summed E-state index contributed by atoms with van der Waals surface area (Å²) in [4.78, 5) is 11.1. The number of carbonyl (C=O) groups is 1. The first-order chi connectivity index (χ1) is 5.70. The number of hydrogen-bond acceptors (Lipinski definition) is 1. The van der Waals surface area contributed by atoms with Gasteiger partial charge in [-0.1, -0.05) is 23.8 Å². The summed E-state index contributed by atoms with van der Waals surface area (Å²) < 4.78 is 0. The van der Waals surface area contributed by atoms with Crippen LogP contribution in [0.2, 0.25) is 0 Å². The Morgan fingerprint density at radius 2 is 2.42 bits per heavy atom. The zero-order valence-corrected chi connectivity index (χ0v) is 7.26. The maximum atomic E-state index is 11.1. The Morgan fingerprint density at radius 3 is 3.00 bits per heavy atom. The molecule has 0 aromatic rings. The molecule has 1 aliphatic carbocycles. The highest BCUT2D eigenvalue weighted by Gasteiger charge is 2.35.